The number of hydrogen-bond donors (Lipinski definition) is 2. The van der Waals surface area contributed by atoms with E-state index in [4.69, 9.17) is 9.47 Å². The Balaban J connectivity index is 3.24. The van der Waals surface area contributed by atoms with E-state index in [1.807, 2.05) is 32.0 Å². The zero-order valence-corrected chi connectivity index (χ0v) is 22.9. The van der Waals surface area contributed by atoms with Crippen molar-refractivity contribution in [3.63, 3.8) is 0 Å². The summed E-state index contributed by atoms with van der Waals surface area (Å²) in [5.41, 5.74) is 1.77. The molecule has 2 N–H and O–H groups in total. The van der Waals surface area contributed by atoms with Gasteiger partial charge in [-0.3, -0.25) is 14.4 Å². The van der Waals surface area contributed by atoms with Crippen LogP contribution in [0.3, 0.4) is 0 Å². The van der Waals surface area contributed by atoms with Crippen LogP contribution in [0.5, 0.6) is 0 Å². The summed E-state index contributed by atoms with van der Waals surface area (Å²) >= 11 is 0. The van der Waals surface area contributed by atoms with Gasteiger partial charge in [-0.2, -0.15) is 0 Å². The molecule has 0 fully saturated rings. The van der Waals surface area contributed by atoms with Crippen molar-refractivity contribution < 1.29 is 28.7 Å². The van der Waals surface area contributed by atoms with Crippen molar-refractivity contribution in [2.45, 2.75) is 85.8 Å². The van der Waals surface area contributed by atoms with Gasteiger partial charge < -0.3 is 25.0 Å². The first-order valence-electron chi connectivity index (χ1n) is 12.7. The van der Waals surface area contributed by atoms with E-state index in [9.17, 15) is 19.2 Å². The fourth-order valence-corrected chi connectivity index (χ4v) is 3.80. The normalized spacial score (nSPS) is 11.9. The third-order valence-corrected chi connectivity index (χ3v) is 5.42. The Kier molecular flexibility index (Phi) is 13.0. The predicted molar refractivity (Wildman–Crippen MR) is 138 cm³/mol. The van der Waals surface area contributed by atoms with Gasteiger partial charge in [0.1, 0.15) is 18.2 Å². The lowest BCUT2D eigenvalue weighted by molar-refractivity contribution is -0.143. The first-order valence-corrected chi connectivity index (χ1v) is 12.7. The molecule has 0 aliphatic carbocycles. The summed E-state index contributed by atoms with van der Waals surface area (Å²) in [5, 5.41) is 5.31. The average molecular weight is 506 g/mol. The van der Waals surface area contributed by atoms with Crippen molar-refractivity contribution >= 4 is 23.9 Å². The van der Waals surface area contributed by atoms with Crippen LogP contribution in [0.4, 0.5) is 4.79 Å². The van der Waals surface area contributed by atoms with Gasteiger partial charge >= 0.3 is 12.1 Å². The Bertz CT molecular complexity index is 874. The van der Waals surface area contributed by atoms with Gasteiger partial charge in [-0.1, -0.05) is 38.0 Å². The summed E-state index contributed by atoms with van der Waals surface area (Å²) in [5.74, 6) is -1.19. The molecule has 0 saturated carbocycles. The Labute approximate surface area is 215 Å². The summed E-state index contributed by atoms with van der Waals surface area (Å²) in [7, 11) is 0. The second-order valence-corrected chi connectivity index (χ2v) is 9.70. The van der Waals surface area contributed by atoms with Crippen LogP contribution in [0.1, 0.15) is 83.0 Å². The van der Waals surface area contributed by atoms with E-state index in [1.54, 1.807) is 27.7 Å². The average Bonchev–Trinajstić information content (AvgIpc) is 2.77. The van der Waals surface area contributed by atoms with Crippen LogP contribution in [0, 0.1) is 13.8 Å². The van der Waals surface area contributed by atoms with Crippen LogP contribution in [0.25, 0.3) is 0 Å². The number of amides is 3. The summed E-state index contributed by atoms with van der Waals surface area (Å²) in [6, 6.07) is 4.78. The number of nitrogens with zero attached hydrogens (tertiary/aromatic N) is 1. The molecule has 0 aliphatic rings. The van der Waals surface area contributed by atoms with Crippen molar-refractivity contribution in [3.8, 4) is 0 Å². The molecule has 3 amide bonds. The standard InChI is InChI=1S/C27H43N3O6/c1-8-10-11-17-30(21(31)18-29-26(34)36-27(5,6)7)24(23-19(3)13-12-14-20(23)4)25(33)28-16-15-22(32)35-9-2/h12-14,24H,8-11,15-18H2,1-7H3,(H,28,33)(H,29,34). The van der Waals surface area contributed by atoms with Gasteiger partial charge in [-0.05, 0) is 64.7 Å². The molecule has 0 bridgehead atoms. The molecule has 1 rings (SSSR count). The molecule has 0 heterocycles. The minimum atomic E-state index is -0.918. The summed E-state index contributed by atoms with van der Waals surface area (Å²) < 4.78 is 10.2. The number of aryl methyl sites for hydroxylation is 2. The molecule has 0 aliphatic heterocycles. The lowest BCUT2D eigenvalue weighted by Crippen LogP contribution is -2.48. The maximum absolute atomic E-state index is 13.5. The van der Waals surface area contributed by atoms with Crippen LogP contribution in [-0.2, 0) is 23.9 Å². The molecular formula is C27H43N3O6. The zero-order chi connectivity index (χ0) is 27.3. The van der Waals surface area contributed by atoms with E-state index in [0.717, 1.165) is 29.5 Å². The van der Waals surface area contributed by atoms with Gasteiger partial charge in [-0.25, -0.2) is 4.79 Å². The molecule has 1 atom stereocenters. The molecule has 1 aromatic carbocycles. The van der Waals surface area contributed by atoms with Crippen LogP contribution in [0.2, 0.25) is 0 Å². The Hall–Kier alpha value is -3.10. The third-order valence-electron chi connectivity index (χ3n) is 5.42. The molecule has 9 nitrogen and oxygen atoms in total. The van der Waals surface area contributed by atoms with E-state index in [-0.39, 0.29) is 32.0 Å². The van der Waals surface area contributed by atoms with Gasteiger partial charge in [0, 0.05) is 13.1 Å². The number of carbonyl (C=O) groups is 4. The molecule has 0 spiro atoms. The third kappa shape index (κ3) is 10.7. The Morgan fingerprint density at radius 1 is 1.00 bits per heavy atom. The maximum atomic E-state index is 13.5. The first kappa shape index (κ1) is 30.9. The van der Waals surface area contributed by atoms with Gasteiger partial charge in [0.05, 0.1) is 13.0 Å². The number of rotatable bonds is 13. The quantitative estimate of drug-likeness (QED) is 0.310. The Morgan fingerprint density at radius 3 is 2.19 bits per heavy atom. The summed E-state index contributed by atoms with van der Waals surface area (Å²) in [4.78, 5) is 52.4. The SMILES string of the molecule is CCCCCN(C(=O)CNC(=O)OC(C)(C)C)C(C(=O)NCCC(=O)OCC)c1c(C)cccc1C. The number of esters is 1. The van der Waals surface area contributed by atoms with E-state index in [1.165, 1.54) is 4.90 Å². The minimum absolute atomic E-state index is 0.0308. The van der Waals surface area contributed by atoms with Crippen LogP contribution in [0.15, 0.2) is 18.2 Å². The van der Waals surface area contributed by atoms with Crippen molar-refractivity contribution in [1.82, 2.24) is 15.5 Å². The van der Waals surface area contributed by atoms with Crippen molar-refractivity contribution in [2.24, 2.45) is 0 Å². The van der Waals surface area contributed by atoms with Crippen LogP contribution in [-0.4, -0.2) is 60.6 Å². The minimum Gasteiger partial charge on any atom is -0.466 e. The highest BCUT2D eigenvalue weighted by Gasteiger charge is 2.33. The lowest BCUT2D eigenvalue weighted by atomic mass is 9.93. The zero-order valence-electron chi connectivity index (χ0n) is 22.9. The van der Waals surface area contributed by atoms with Gasteiger partial charge in [0.2, 0.25) is 11.8 Å². The Morgan fingerprint density at radius 2 is 1.64 bits per heavy atom. The topological polar surface area (TPSA) is 114 Å². The van der Waals surface area contributed by atoms with Crippen molar-refractivity contribution in [3.05, 3.63) is 34.9 Å². The molecule has 0 saturated heterocycles. The number of nitrogens with one attached hydrogen (secondary N) is 2. The second kappa shape index (κ2) is 15.1. The maximum Gasteiger partial charge on any atom is 0.408 e. The molecule has 1 unspecified atom stereocenters. The largest absolute Gasteiger partial charge is 0.466 e. The lowest BCUT2D eigenvalue weighted by Gasteiger charge is -2.33. The number of unbranched alkanes of at least 4 members (excludes halogenated alkanes) is 2. The van der Waals surface area contributed by atoms with E-state index in [2.05, 4.69) is 17.6 Å². The predicted octanol–water partition coefficient (Wildman–Crippen LogP) is 3.96. The molecule has 1 aromatic rings. The molecule has 202 valence electrons. The molecule has 0 aromatic heterocycles. The van der Waals surface area contributed by atoms with Crippen LogP contribution < -0.4 is 10.6 Å². The smallest absolute Gasteiger partial charge is 0.408 e. The van der Waals surface area contributed by atoms with Crippen molar-refractivity contribution in [1.29, 1.82) is 0 Å². The van der Waals surface area contributed by atoms with E-state index in [0.29, 0.717) is 13.0 Å². The molecule has 9 heteroatoms. The second-order valence-electron chi connectivity index (χ2n) is 9.70. The fourth-order valence-electron chi connectivity index (χ4n) is 3.80. The van der Waals surface area contributed by atoms with Gasteiger partial charge in [0.25, 0.3) is 0 Å². The van der Waals surface area contributed by atoms with E-state index < -0.39 is 29.6 Å². The summed E-state index contributed by atoms with van der Waals surface area (Å²) in [6.45, 7) is 13.2. The van der Waals surface area contributed by atoms with Crippen LogP contribution >= 0.6 is 0 Å². The van der Waals surface area contributed by atoms with Gasteiger partial charge in [0.15, 0.2) is 0 Å². The number of alkyl carbamates (subject to hydrolysis) is 1. The van der Waals surface area contributed by atoms with Gasteiger partial charge in [-0.15, -0.1) is 0 Å². The number of hydrogen-bond acceptors (Lipinski definition) is 6. The first-order chi connectivity index (χ1) is 16.9. The van der Waals surface area contributed by atoms with Crippen molar-refractivity contribution in [2.75, 3.05) is 26.2 Å². The highest BCUT2D eigenvalue weighted by atomic mass is 16.6. The number of carbonyl (C=O) groups excluding carboxylic acids is 4. The summed E-state index contributed by atoms with van der Waals surface area (Å²) in [6.07, 6.45) is 1.85. The van der Waals surface area contributed by atoms with E-state index >= 15 is 0 Å². The number of ether oxygens (including phenoxy) is 2. The highest BCUT2D eigenvalue weighted by molar-refractivity contribution is 5.91. The number of benzene rings is 1. The molecule has 36 heavy (non-hydrogen) atoms. The monoisotopic (exact) mass is 505 g/mol. The molecular weight excluding hydrogens is 462 g/mol. The highest BCUT2D eigenvalue weighted by Crippen LogP contribution is 2.28. The fraction of sp³-hybridized carbons (Fsp3) is 0.630. The molecule has 0 radical (unpaired) electrons.